The molecule has 1 aromatic heterocycles. The molecule has 7 heteroatoms. The van der Waals surface area contributed by atoms with E-state index in [1.165, 1.54) is 0 Å². The zero-order valence-electron chi connectivity index (χ0n) is 15.4. The largest absolute Gasteiger partial charge is 0.497 e. The van der Waals surface area contributed by atoms with E-state index in [0.717, 1.165) is 34.9 Å². The summed E-state index contributed by atoms with van der Waals surface area (Å²) in [5.41, 5.74) is 3.71. The molecular weight excluding hydrogens is 397 g/mol. The number of benzene rings is 2. The Bertz CT molecular complexity index is 975. The van der Waals surface area contributed by atoms with Crippen LogP contribution in [0.3, 0.4) is 0 Å². The molecular formula is C21H19Cl2N3O2. The van der Waals surface area contributed by atoms with Gasteiger partial charge in [0.2, 0.25) is 0 Å². The lowest BCUT2D eigenvalue weighted by Gasteiger charge is -2.29. The molecule has 0 fully saturated rings. The zero-order chi connectivity index (χ0) is 19.7. The zero-order valence-corrected chi connectivity index (χ0v) is 17.0. The maximum absolute atomic E-state index is 6.51. The van der Waals surface area contributed by atoms with Crippen molar-refractivity contribution in [2.24, 2.45) is 0 Å². The van der Waals surface area contributed by atoms with Crippen molar-refractivity contribution in [2.45, 2.75) is 12.6 Å². The maximum Gasteiger partial charge on any atom is 0.144 e. The number of nitrogens with zero attached hydrogens (tertiary/aromatic N) is 2. The lowest BCUT2D eigenvalue weighted by atomic mass is 10.1. The van der Waals surface area contributed by atoms with Crippen molar-refractivity contribution in [1.29, 1.82) is 0 Å². The number of anilines is 3. The molecule has 5 nitrogen and oxygen atoms in total. The van der Waals surface area contributed by atoms with Crippen LogP contribution in [0.5, 0.6) is 11.5 Å². The van der Waals surface area contributed by atoms with Gasteiger partial charge in [-0.1, -0.05) is 41.4 Å². The van der Waals surface area contributed by atoms with Crippen LogP contribution in [0.1, 0.15) is 5.56 Å². The molecule has 0 radical (unpaired) electrons. The molecule has 3 aromatic rings. The van der Waals surface area contributed by atoms with Crippen LogP contribution in [-0.4, -0.2) is 25.4 Å². The first kappa shape index (κ1) is 18.7. The second-order valence-electron chi connectivity index (χ2n) is 6.39. The lowest BCUT2D eigenvalue weighted by molar-refractivity contribution is 0.414. The second-order valence-corrected chi connectivity index (χ2v) is 7.20. The van der Waals surface area contributed by atoms with E-state index in [0.29, 0.717) is 15.7 Å². The first-order valence-electron chi connectivity index (χ1n) is 8.77. The summed E-state index contributed by atoms with van der Waals surface area (Å²) in [6.07, 6.45) is 3.81. The highest BCUT2D eigenvalue weighted by Gasteiger charge is 2.35. The van der Waals surface area contributed by atoms with Crippen molar-refractivity contribution in [3.05, 3.63) is 70.5 Å². The number of halogens is 2. The quantitative estimate of drug-likeness (QED) is 0.592. The van der Waals surface area contributed by atoms with Gasteiger partial charge in [0.05, 0.1) is 35.6 Å². The highest BCUT2D eigenvalue weighted by molar-refractivity contribution is 6.39. The normalized spacial score (nSPS) is 15.1. The van der Waals surface area contributed by atoms with E-state index in [2.05, 4.69) is 27.3 Å². The second kappa shape index (κ2) is 7.78. The minimum atomic E-state index is -0.0999. The molecule has 1 aliphatic rings. The number of para-hydroxylation sites is 1. The van der Waals surface area contributed by atoms with Crippen LogP contribution in [-0.2, 0) is 6.42 Å². The van der Waals surface area contributed by atoms with Gasteiger partial charge in [0.25, 0.3) is 0 Å². The number of hydrogen-bond donors (Lipinski definition) is 1. The summed E-state index contributed by atoms with van der Waals surface area (Å²) in [6.45, 7) is 0. The third kappa shape index (κ3) is 3.32. The van der Waals surface area contributed by atoms with E-state index in [9.17, 15) is 0 Å². The summed E-state index contributed by atoms with van der Waals surface area (Å²) in [5.74, 6) is 1.57. The molecule has 0 aliphatic carbocycles. The average molecular weight is 416 g/mol. The lowest BCUT2D eigenvalue weighted by Crippen LogP contribution is -2.34. The number of fused-ring (bicyclic) bond motifs is 1. The van der Waals surface area contributed by atoms with Gasteiger partial charge < -0.3 is 19.7 Å². The smallest absolute Gasteiger partial charge is 0.144 e. The highest BCUT2D eigenvalue weighted by Crippen LogP contribution is 2.50. The number of methoxy groups -OCH3 is 2. The van der Waals surface area contributed by atoms with Gasteiger partial charge in [-0.3, -0.25) is 4.98 Å². The van der Waals surface area contributed by atoms with E-state index in [4.69, 9.17) is 32.7 Å². The minimum Gasteiger partial charge on any atom is -0.497 e. The summed E-state index contributed by atoms with van der Waals surface area (Å²) in [7, 11) is 3.31. The standard InChI is InChI=1S/C21H19Cl2N3O2/c1-27-14-8-6-13(7-9-14)10-19-25-17-4-3-5-18(28-2)21(17)26(19)20-15(22)11-24-12-16(20)23/h3-9,11-12,19,25H,10H2,1-2H3/t19-/m1/s1. The molecule has 2 heterocycles. The van der Waals surface area contributed by atoms with E-state index in [-0.39, 0.29) is 6.17 Å². The molecule has 1 aliphatic heterocycles. The Labute approximate surface area is 173 Å². The fourth-order valence-electron chi connectivity index (χ4n) is 3.48. The number of aromatic nitrogens is 1. The molecule has 144 valence electrons. The van der Waals surface area contributed by atoms with Crippen molar-refractivity contribution in [3.63, 3.8) is 0 Å². The highest BCUT2D eigenvalue weighted by atomic mass is 35.5. The molecule has 0 amide bonds. The van der Waals surface area contributed by atoms with Gasteiger partial charge in [-0.2, -0.15) is 0 Å². The monoisotopic (exact) mass is 415 g/mol. The Morgan fingerprint density at radius 3 is 2.32 bits per heavy atom. The predicted octanol–water partition coefficient (Wildman–Crippen LogP) is 5.54. The Kier molecular flexibility index (Phi) is 5.20. The Balaban J connectivity index is 1.79. The minimum absolute atomic E-state index is 0.0999. The van der Waals surface area contributed by atoms with Crippen LogP contribution < -0.4 is 19.7 Å². The van der Waals surface area contributed by atoms with Crippen LogP contribution in [0.2, 0.25) is 10.0 Å². The Morgan fingerprint density at radius 2 is 1.68 bits per heavy atom. The number of rotatable bonds is 5. The van der Waals surface area contributed by atoms with Gasteiger partial charge >= 0.3 is 0 Å². The Hall–Kier alpha value is -2.63. The topological polar surface area (TPSA) is 46.6 Å². The van der Waals surface area contributed by atoms with Gasteiger partial charge in [-0.15, -0.1) is 0 Å². The SMILES string of the molecule is COc1ccc(C[C@@H]2Nc3cccc(OC)c3N2c2c(Cl)cncc2Cl)cc1. The number of nitrogens with one attached hydrogen (secondary N) is 1. The van der Waals surface area contributed by atoms with Crippen molar-refractivity contribution < 1.29 is 9.47 Å². The van der Waals surface area contributed by atoms with Crippen LogP contribution in [0, 0.1) is 0 Å². The molecule has 4 rings (SSSR count). The van der Waals surface area contributed by atoms with Crippen molar-refractivity contribution in [3.8, 4) is 11.5 Å². The summed E-state index contributed by atoms with van der Waals surface area (Å²) >= 11 is 13.0. The third-order valence-electron chi connectivity index (χ3n) is 4.75. The predicted molar refractivity (Wildman–Crippen MR) is 113 cm³/mol. The number of pyridine rings is 1. The molecule has 0 bridgehead atoms. The average Bonchev–Trinajstić information content (AvgIpc) is 3.06. The van der Waals surface area contributed by atoms with Crippen LogP contribution >= 0.6 is 23.2 Å². The van der Waals surface area contributed by atoms with E-state index >= 15 is 0 Å². The molecule has 0 spiro atoms. The maximum atomic E-state index is 6.51. The van der Waals surface area contributed by atoms with Crippen LogP contribution in [0.4, 0.5) is 17.1 Å². The van der Waals surface area contributed by atoms with Gasteiger partial charge in [-0.25, -0.2) is 0 Å². The molecule has 1 N–H and O–H groups in total. The number of hydrogen-bond acceptors (Lipinski definition) is 5. The first-order valence-corrected chi connectivity index (χ1v) is 9.52. The van der Waals surface area contributed by atoms with Gasteiger partial charge in [0, 0.05) is 18.8 Å². The van der Waals surface area contributed by atoms with Gasteiger partial charge in [-0.05, 0) is 29.8 Å². The molecule has 1 atom stereocenters. The van der Waals surface area contributed by atoms with Crippen molar-refractivity contribution >= 4 is 40.3 Å². The fraction of sp³-hybridized carbons (Fsp3) is 0.190. The third-order valence-corrected chi connectivity index (χ3v) is 5.30. The van der Waals surface area contributed by atoms with E-state index in [1.54, 1.807) is 26.6 Å². The first-order chi connectivity index (χ1) is 13.6. The molecule has 28 heavy (non-hydrogen) atoms. The molecule has 2 aromatic carbocycles. The summed E-state index contributed by atoms with van der Waals surface area (Å²) in [6, 6.07) is 13.9. The van der Waals surface area contributed by atoms with E-state index in [1.807, 2.05) is 30.3 Å². The molecule has 0 saturated carbocycles. The van der Waals surface area contributed by atoms with Crippen molar-refractivity contribution in [2.75, 3.05) is 24.4 Å². The van der Waals surface area contributed by atoms with Gasteiger partial charge in [0.15, 0.2) is 0 Å². The Morgan fingerprint density at radius 1 is 0.964 bits per heavy atom. The van der Waals surface area contributed by atoms with Gasteiger partial charge in [0.1, 0.15) is 23.4 Å². The fourth-order valence-corrected chi connectivity index (χ4v) is 4.03. The summed E-state index contributed by atoms with van der Waals surface area (Å²) < 4.78 is 10.9. The van der Waals surface area contributed by atoms with E-state index < -0.39 is 0 Å². The summed E-state index contributed by atoms with van der Waals surface area (Å²) in [4.78, 5) is 6.17. The summed E-state index contributed by atoms with van der Waals surface area (Å²) in [5, 5.41) is 4.53. The van der Waals surface area contributed by atoms with Crippen molar-refractivity contribution in [1.82, 2.24) is 4.98 Å². The molecule has 0 saturated heterocycles. The van der Waals surface area contributed by atoms with Crippen LogP contribution in [0.25, 0.3) is 0 Å². The van der Waals surface area contributed by atoms with Crippen LogP contribution in [0.15, 0.2) is 54.9 Å². The number of ether oxygens (including phenoxy) is 2. The molecule has 0 unspecified atom stereocenters.